The fourth-order valence-electron chi connectivity index (χ4n) is 2.63. The van der Waals surface area contributed by atoms with Crippen molar-refractivity contribution in [2.24, 2.45) is 5.92 Å². The Balaban J connectivity index is 1.92. The van der Waals surface area contributed by atoms with E-state index in [1.54, 1.807) is 0 Å². The van der Waals surface area contributed by atoms with Crippen LogP contribution in [0.5, 0.6) is 0 Å². The van der Waals surface area contributed by atoms with E-state index in [2.05, 4.69) is 19.2 Å². The molecule has 1 N–H and O–H groups in total. The number of ketones is 1. The van der Waals surface area contributed by atoms with E-state index in [0.717, 1.165) is 5.56 Å². The second kappa shape index (κ2) is 8.39. The number of amides is 1. The lowest BCUT2D eigenvalue weighted by atomic mass is 9.85. The molecule has 0 aromatic heterocycles. The van der Waals surface area contributed by atoms with Crippen LogP contribution in [0.2, 0.25) is 0 Å². The highest BCUT2D eigenvalue weighted by molar-refractivity contribution is 5.99. The van der Waals surface area contributed by atoms with Crippen molar-refractivity contribution in [2.75, 3.05) is 6.54 Å². The van der Waals surface area contributed by atoms with Gasteiger partial charge in [0, 0.05) is 12.0 Å². The Bertz CT molecular complexity index is 681. The summed E-state index contributed by atoms with van der Waals surface area (Å²) in [6.07, 6.45) is 0.332. The molecule has 0 aliphatic heterocycles. The first-order valence-electron chi connectivity index (χ1n) is 8.07. The average molecular weight is 327 g/mol. The lowest BCUT2D eigenvalue weighted by molar-refractivity contribution is -0.121. The number of carbonyl (C=O) groups is 2. The lowest BCUT2D eigenvalue weighted by Crippen LogP contribution is -2.31. The van der Waals surface area contributed by atoms with Crippen molar-refractivity contribution in [3.8, 4) is 0 Å². The number of hydrogen-bond acceptors (Lipinski definition) is 2. The van der Waals surface area contributed by atoms with Crippen LogP contribution in [0.1, 0.15) is 42.1 Å². The smallest absolute Gasteiger partial charge is 0.220 e. The van der Waals surface area contributed by atoms with Crippen molar-refractivity contribution in [1.82, 2.24) is 5.32 Å². The summed E-state index contributed by atoms with van der Waals surface area (Å²) in [5, 5.41) is 2.67. The summed E-state index contributed by atoms with van der Waals surface area (Å²) in [7, 11) is 0. The average Bonchev–Trinajstić information content (AvgIpc) is 2.58. The summed E-state index contributed by atoms with van der Waals surface area (Å²) in [4.78, 5) is 24.2. The highest BCUT2D eigenvalue weighted by Crippen LogP contribution is 2.27. The molecule has 126 valence electrons. The minimum absolute atomic E-state index is 0.0793. The molecular formula is C20H22FNO2. The van der Waals surface area contributed by atoms with Crippen LogP contribution in [0.15, 0.2) is 54.6 Å². The summed E-state index contributed by atoms with van der Waals surface area (Å²) in [6, 6.07) is 15.2. The molecule has 2 aromatic rings. The Morgan fingerprint density at radius 3 is 2.21 bits per heavy atom. The highest BCUT2D eigenvalue weighted by atomic mass is 19.1. The molecule has 2 rings (SSSR count). The Kier molecular flexibility index (Phi) is 6.24. The number of halogens is 1. The molecule has 1 amide bonds. The molecule has 0 aliphatic rings. The Morgan fingerprint density at radius 2 is 1.62 bits per heavy atom. The van der Waals surface area contributed by atoms with E-state index < -0.39 is 5.82 Å². The van der Waals surface area contributed by atoms with Gasteiger partial charge in [-0.3, -0.25) is 9.59 Å². The van der Waals surface area contributed by atoms with Crippen LogP contribution in [0.3, 0.4) is 0 Å². The summed E-state index contributed by atoms with van der Waals surface area (Å²) in [6.45, 7) is 4.08. The van der Waals surface area contributed by atoms with Gasteiger partial charge in [-0.15, -0.1) is 0 Å². The Labute approximate surface area is 141 Å². The van der Waals surface area contributed by atoms with Gasteiger partial charge in [-0.05, 0) is 41.7 Å². The molecule has 1 unspecified atom stereocenters. The van der Waals surface area contributed by atoms with E-state index in [1.165, 1.54) is 24.3 Å². The van der Waals surface area contributed by atoms with Gasteiger partial charge in [0.2, 0.25) is 5.91 Å². The first-order chi connectivity index (χ1) is 11.5. The predicted molar refractivity (Wildman–Crippen MR) is 92.4 cm³/mol. The maximum Gasteiger partial charge on any atom is 0.220 e. The highest BCUT2D eigenvalue weighted by Gasteiger charge is 2.19. The van der Waals surface area contributed by atoms with Crippen molar-refractivity contribution < 1.29 is 14.0 Å². The van der Waals surface area contributed by atoms with E-state index in [9.17, 15) is 14.0 Å². The van der Waals surface area contributed by atoms with Gasteiger partial charge in [-0.2, -0.15) is 0 Å². The van der Waals surface area contributed by atoms with Crippen LogP contribution in [0.25, 0.3) is 0 Å². The van der Waals surface area contributed by atoms with E-state index in [-0.39, 0.29) is 24.2 Å². The van der Waals surface area contributed by atoms with E-state index in [4.69, 9.17) is 0 Å². The van der Waals surface area contributed by atoms with Gasteiger partial charge >= 0.3 is 0 Å². The van der Waals surface area contributed by atoms with Crippen molar-refractivity contribution in [3.63, 3.8) is 0 Å². The molecule has 0 bridgehead atoms. The van der Waals surface area contributed by atoms with E-state index in [1.807, 2.05) is 30.3 Å². The zero-order chi connectivity index (χ0) is 17.5. The fraction of sp³-hybridized carbons (Fsp3) is 0.300. The number of Topliss-reactive ketones (excluding diaryl/α,β-unsaturated/α-hetero) is 1. The molecule has 3 nitrogen and oxygen atoms in total. The molecule has 2 aromatic carbocycles. The number of carbonyl (C=O) groups excluding carboxylic acids is 2. The van der Waals surface area contributed by atoms with Crippen molar-refractivity contribution >= 4 is 11.7 Å². The van der Waals surface area contributed by atoms with Crippen molar-refractivity contribution in [3.05, 3.63) is 71.5 Å². The SMILES string of the molecule is CC(C)C(CC(=O)NCC(=O)c1ccc(F)cc1)c1ccccc1. The van der Waals surface area contributed by atoms with Crippen LogP contribution in [0, 0.1) is 11.7 Å². The topological polar surface area (TPSA) is 46.2 Å². The molecule has 0 saturated carbocycles. The molecule has 0 fully saturated rings. The van der Waals surface area contributed by atoms with Crippen LogP contribution < -0.4 is 5.32 Å². The summed E-state index contributed by atoms with van der Waals surface area (Å²) in [5.74, 6) is -0.367. The maximum absolute atomic E-state index is 12.9. The number of benzene rings is 2. The second-order valence-corrected chi connectivity index (χ2v) is 6.17. The minimum atomic E-state index is -0.391. The van der Waals surface area contributed by atoms with Crippen LogP contribution in [0.4, 0.5) is 4.39 Å². The van der Waals surface area contributed by atoms with Crippen LogP contribution >= 0.6 is 0 Å². The van der Waals surface area contributed by atoms with Gasteiger partial charge in [-0.1, -0.05) is 44.2 Å². The van der Waals surface area contributed by atoms with Crippen molar-refractivity contribution in [1.29, 1.82) is 0 Å². The van der Waals surface area contributed by atoms with E-state index >= 15 is 0 Å². The number of hydrogen-bond donors (Lipinski definition) is 1. The molecule has 4 heteroatoms. The first-order valence-corrected chi connectivity index (χ1v) is 8.07. The van der Waals surface area contributed by atoms with Gasteiger partial charge in [0.15, 0.2) is 5.78 Å². The third kappa shape index (κ3) is 5.01. The first kappa shape index (κ1) is 17.9. The number of nitrogens with one attached hydrogen (secondary N) is 1. The predicted octanol–water partition coefficient (Wildman–Crippen LogP) is 3.95. The third-order valence-electron chi connectivity index (χ3n) is 4.05. The Morgan fingerprint density at radius 1 is 1.00 bits per heavy atom. The zero-order valence-corrected chi connectivity index (χ0v) is 14.0. The van der Waals surface area contributed by atoms with Gasteiger partial charge in [0.05, 0.1) is 6.54 Å². The molecule has 0 aliphatic carbocycles. The van der Waals surface area contributed by atoms with Crippen molar-refractivity contribution in [2.45, 2.75) is 26.2 Å². The molecule has 24 heavy (non-hydrogen) atoms. The van der Waals surface area contributed by atoms with Gasteiger partial charge in [-0.25, -0.2) is 4.39 Å². The molecule has 0 saturated heterocycles. The molecular weight excluding hydrogens is 305 g/mol. The Hall–Kier alpha value is -2.49. The van der Waals surface area contributed by atoms with Gasteiger partial charge in [0.25, 0.3) is 0 Å². The van der Waals surface area contributed by atoms with Gasteiger partial charge < -0.3 is 5.32 Å². The monoisotopic (exact) mass is 327 g/mol. The summed E-state index contributed by atoms with van der Waals surface area (Å²) >= 11 is 0. The maximum atomic E-state index is 12.9. The van der Waals surface area contributed by atoms with E-state index in [0.29, 0.717) is 17.9 Å². The largest absolute Gasteiger partial charge is 0.349 e. The summed E-state index contributed by atoms with van der Waals surface area (Å²) in [5.41, 5.74) is 1.51. The molecule has 0 spiro atoms. The van der Waals surface area contributed by atoms with Crippen LogP contribution in [-0.2, 0) is 4.79 Å². The molecule has 1 atom stereocenters. The summed E-state index contributed by atoms with van der Waals surface area (Å²) < 4.78 is 12.9. The fourth-order valence-corrected chi connectivity index (χ4v) is 2.63. The van der Waals surface area contributed by atoms with Crippen LogP contribution in [-0.4, -0.2) is 18.2 Å². The lowest BCUT2D eigenvalue weighted by Gasteiger charge is -2.20. The third-order valence-corrected chi connectivity index (χ3v) is 4.05. The second-order valence-electron chi connectivity index (χ2n) is 6.17. The molecule has 0 heterocycles. The number of rotatable bonds is 7. The zero-order valence-electron chi connectivity index (χ0n) is 14.0. The molecule has 0 radical (unpaired) electrons. The normalized spacial score (nSPS) is 12.0. The minimum Gasteiger partial charge on any atom is -0.349 e. The standard InChI is InChI=1S/C20H22FNO2/c1-14(2)18(15-6-4-3-5-7-15)12-20(24)22-13-19(23)16-8-10-17(21)11-9-16/h3-11,14,18H,12-13H2,1-2H3,(H,22,24). The van der Waals surface area contributed by atoms with Gasteiger partial charge in [0.1, 0.15) is 5.82 Å². The quantitative estimate of drug-likeness (QED) is 0.783.